The van der Waals surface area contributed by atoms with Crippen LogP contribution >= 0.6 is 0 Å². The van der Waals surface area contributed by atoms with Crippen LogP contribution in [0.15, 0.2) is 18.2 Å². The zero-order valence-corrected chi connectivity index (χ0v) is 12.3. The van der Waals surface area contributed by atoms with E-state index in [-0.39, 0.29) is 18.4 Å². The van der Waals surface area contributed by atoms with Crippen LogP contribution in [0.3, 0.4) is 0 Å². The molecule has 0 fully saturated rings. The smallest absolute Gasteiger partial charge is 0.261 e. The zero-order valence-electron chi connectivity index (χ0n) is 12.3. The topological polar surface area (TPSA) is 106 Å². The standard InChI is InChI=1S/C14H19N5O2/c1-8-4-5-9(2)11(6-8)21-10(3)13(20)16-7-12-17-14(15)19-18-12/h4-6,10H,7H2,1-3H3,(H,16,20)(H3,15,17,18,19)/t10-/m0/s1. The van der Waals surface area contributed by atoms with Crippen LogP contribution in [0.5, 0.6) is 5.75 Å². The van der Waals surface area contributed by atoms with Gasteiger partial charge < -0.3 is 15.8 Å². The number of amides is 1. The molecule has 0 aliphatic carbocycles. The molecule has 4 N–H and O–H groups in total. The van der Waals surface area contributed by atoms with Gasteiger partial charge in [0.2, 0.25) is 5.95 Å². The van der Waals surface area contributed by atoms with Crippen molar-refractivity contribution in [2.45, 2.75) is 33.4 Å². The number of nitrogens with zero attached hydrogens (tertiary/aromatic N) is 2. The Bertz CT molecular complexity index is 638. The first-order chi connectivity index (χ1) is 9.95. The van der Waals surface area contributed by atoms with E-state index in [1.807, 2.05) is 32.0 Å². The highest BCUT2D eigenvalue weighted by molar-refractivity contribution is 5.80. The van der Waals surface area contributed by atoms with Crippen LogP contribution in [0, 0.1) is 13.8 Å². The number of nitrogen functional groups attached to an aromatic ring is 1. The molecule has 7 heteroatoms. The third kappa shape index (κ3) is 3.95. The summed E-state index contributed by atoms with van der Waals surface area (Å²) >= 11 is 0. The first-order valence-corrected chi connectivity index (χ1v) is 6.64. The molecule has 0 unspecified atom stereocenters. The lowest BCUT2D eigenvalue weighted by Gasteiger charge is -2.16. The van der Waals surface area contributed by atoms with E-state index in [1.165, 1.54) is 0 Å². The molecule has 1 aromatic heterocycles. The van der Waals surface area contributed by atoms with Crippen LogP contribution in [-0.2, 0) is 11.3 Å². The Hall–Kier alpha value is -2.57. The molecule has 0 aliphatic heterocycles. The number of aromatic nitrogens is 3. The van der Waals surface area contributed by atoms with Crippen molar-refractivity contribution >= 4 is 11.9 Å². The Kier molecular flexibility index (Phi) is 4.42. The Morgan fingerprint density at radius 3 is 2.90 bits per heavy atom. The SMILES string of the molecule is Cc1ccc(C)c(O[C@@H](C)C(=O)NCc2nc(N)n[nH]2)c1. The second-order valence-electron chi connectivity index (χ2n) is 4.89. The molecule has 112 valence electrons. The summed E-state index contributed by atoms with van der Waals surface area (Å²) in [5.41, 5.74) is 7.46. The van der Waals surface area contributed by atoms with Gasteiger partial charge in [-0.1, -0.05) is 12.1 Å². The Morgan fingerprint density at radius 1 is 1.48 bits per heavy atom. The average Bonchev–Trinajstić information content (AvgIpc) is 2.86. The zero-order chi connectivity index (χ0) is 15.4. The third-order valence-electron chi connectivity index (χ3n) is 3.00. The second-order valence-corrected chi connectivity index (χ2v) is 4.89. The van der Waals surface area contributed by atoms with E-state index in [1.54, 1.807) is 6.92 Å². The average molecular weight is 289 g/mol. The summed E-state index contributed by atoms with van der Waals surface area (Å²) in [6.45, 7) is 5.84. The number of hydrogen-bond donors (Lipinski definition) is 3. The van der Waals surface area contributed by atoms with E-state index in [4.69, 9.17) is 10.5 Å². The molecule has 0 saturated heterocycles. The number of rotatable bonds is 5. The van der Waals surface area contributed by atoms with E-state index in [9.17, 15) is 4.79 Å². The van der Waals surface area contributed by atoms with Crippen molar-refractivity contribution in [1.82, 2.24) is 20.5 Å². The van der Waals surface area contributed by atoms with Gasteiger partial charge in [0.05, 0.1) is 6.54 Å². The van der Waals surface area contributed by atoms with Crippen LogP contribution in [0.2, 0.25) is 0 Å². The number of H-pyrrole nitrogens is 1. The highest BCUT2D eigenvalue weighted by atomic mass is 16.5. The van der Waals surface area contributed by atoms with E-state index in [0.29, 0.717) is 11.6 Å². The van der Waals surface area contributed by atoms with Crippen LogP contribution in [0.4, 0.5) is 5.95 Å². The number of nitrogens with two attached hydrogens (primary N) is 1. The minimum Gasteiger partial charge on any atom is -0.481 e. The van der Waals surface area contributed by atoms with Crippen molar-refractivity contribution in [2.75, 3.05) is 5.73 Å². The largest absolute Gasteiger partial charge is 0.481 e. The number of ether oxygens (including phenoxy) is 1. The monoisotopic (exact) mass is 289 g/mol. The van der Waals surface area contributed by atoms with Crippen molar-refractivity contribution in [2.24, 2.45) is 0 Å². The van der Waals surface area contributed by atoms with Crippen molar-refractivity contribution in [3.05, 3.63) is 35.2 Å². The number of nitrogens with one attached hydrogen (secondary N) is 2. The van der Waals surface area contributed by atoms with Gasteiger partial charge in [0.15, 0.2) is 6.10 Å². The molecular weight excluding hydrogens is 270 g/mol. The predicted octanol–water partition coefficient (Wildman–Crippen LogP) is 1.09. The molecule has 21 heavy (non-hydrogen) atoms. The summed E-state index contributed by atoms with van der Waals surface area (Å²) in [6, 6.07) is 5.88. The molecule has 2 aromatic rings. The fourth-order valence-electron chi connectivity index (χ4n) is 1.78. The molecule has 0 bridgehead atoms. The summed E-state index contributed by atoms with van der Waals surface area (Å²) in [5.74, 6) is 1.13. The van der Waals surface area contributed by atoms with Gasteiger partial charge in [0.25, 0.3) is 5.91 Å². The first-order valence-electron chi connectivity index (χ1n) is 6.64. The van der Waals surface area contributed by atoms with Crippen LogP contribution in [0.1, 0.15) is 23.9 Å². The summed E-state index contributed by atoms with van der Waals surface area (Å²) in [5, 5.41) is 9.03. The summed E-state index contributed by atoms with van der Waals surface area (Å²) in [7, 11) is 0. The van der Waals surface area contributed by atoms with Gasteiger partial charge in [-0.25, -0.2) is 0 Å². The number of carbonyl (C=O) groups excluding carboxylic acids is 1. The lowest BCUT2D eigenvalue weighted by molar-refractivity contribution is -0.127. The number of aromatic amines is 1. The van der Waals surface area contributed by atoms with Gasteiger partial charge in [-0.2, -0.15) is 4.98 Å². The second kappa shape index (κ2) is 6.25. The lowest BCUT2D eigenvalue weighted by Crippen LogP contribution is -2.36. The lowest BCUT2D eigenvalue weighted by atomic mass is 10.1. The minimum absolute atomic E-state index is 0.152. The highest BCUT2D eigenvalue weighted by Gasteiger charge is 2.16. The van der Waals surface area contributed by atoms with Crippen LogP contribution in [-0.4, -0.2) is 27.2 Å². The maximum atomic E-state index is 12.0. The van der Waals surface area contributed by atoms with Crippen LogP contribution < -0.4 is 15.8 Å². The number of hydrogen-bond acceptors (Lipinski definition) is 5. The Labute approximate surface area is 122 Å². The molecule has 1 atom stereocenters. The van der Waals surface area contributed by atoms with Crippen molar-refractivity contribution in [1.29, 1.82) is 0 Å². The quantitative estimate of drug-likeness (QED) is 0.764. The van der Waals surface area contributed by atoms with Gasteiger partial charge in [0, 0.05) is 0 Å². The predicted molar refractivity (Wildman–Crippen MR) is 78.6 cm³/mol. The van der Waals surface area contributed by atoms with Gasteiger partial charge in [-0.3, -0.25) is 9.89 Å². The number of carbonyl (C=O) groups is 1. The maximum absolute atomic E-state index is 12.0. The minimum atomic E-state index is -0.606. The molecule has 1 heterocycles. The molecule has 0 aliphatic rings. The molecule has 2 rings (SSSR count). The van der Waals surface area contributed by atoms with Gasteiger partial charge in [0.1, 0.15) is 11.6 Å². The van der Waals surface area contributed by atoms with Gasteiger partial charge in [-0.15, -0.1) is 5.10 Å². The van der Waals surface area contributed by atoms with Gasteiger partial charge >= 0.3 is 0 Å². The number of anilines is 1. The van der Waals surface area contributed by atoms with E-state index in [0.717, 1.165) is 11.1 Å². The molecule has 0 radical (unpaired) electrons. The number of aryl methyl sites for hydroxylation is 2. The summed E-state index contributed by atoms with van der Waals surface area (Å²) < 4.78 is 5.70. The van der Waals surface area contributed by atoms with Crippen molar-refractivity contribution in [3.8, 4) is 5.75 Å². The highest BCUT2D eigenvalue weighted by Crippen LogP contribution is 2.20. The molecule has 7 nitrogen and oxygen atoms in total. The van der Waals surface area contributed by atoms with Crippen LogP contribution in [0.25, 0.3) is 0 Å². The van der Waals surface area contributed by atoms with E-state index in [2.05, 4.69) is 20.5 Å². The summed E-state index contributed by atoms with van der Waals surface area (Å²) in [4.78, 5) is 15.9. The molecule has 0 saturated carbocycles. The molecule has 1 aromatic carbocycles. The maximum Gasteiger partial charge on any atom is 0.261 e. The van der Waals surface area contributed by atoms with E-state index < -0.39 is 6.10 Å². The summed E-state index contributed by atoms with van der Waals surface area (Å²) in [6.07, 6.45) is -0.606. The molecular formula is C14H19N5O2. The number of benzene rings is 1. The Morgan fingerprint density at radius 2 is 2.24 bits per heavy atom. The first kappa shape index (κ1) is 14.8. The Balaban J connectivity index is 1.91. The normalized spacial score (nSPS) is 12.0. The fraction of sp³-hybridized carbons (Fsp3) is 0.357. The fourth-order valence-corrected chi connectivity index (χ4v) is 1.78. The van der Waals surface area contributed by atoms with Crippen molar-refractivity contribution in [3.63, 3.8) is 0 Å². The molecule has 0 spiro atoms. The van der Waals surface area contributed by atoms with Gasteiger partial charge in [-0.05, 0) is 38.0 Å². The molecule has 1 amide bonds. The van der Waals surface area contributed by atoms with E-state index >= 15 is 0 Å². The third-order valence-corrected chi connectivity index (χ3v) is 3.00. The van der Waals surface area contributed by atoms with Crippen molar-refractivity contribution < 1.29 is 9.53 Å².